The highest BCUT2D eigenvalue weighted by Crippen LogP contribution is 2.27. The van der Waals surface area contributed by atoms with E-state index in [4.69, 9.17) is 0 Å². The highest BCUT2D eigenvalue weighted by molar-refractivity contribution is 7.89. The summed E-state index contributed by atoms with van der Waals surface area (Å²) in [5.41, 5.74) is 0.608. The Kier molecular flexibility index (Phi) is 8.81. The van der Waals surface area contributed by atoms with E-state index in [-0.39, 0.29) is 23.1 Å². The van der Waals surface area contributed by atoms with Crippen molar-refractivity contribution in [1.29, 1.82) is 0 Å². The quantitative estimate of drug-likeness (QED) is 0.566. The molecule has 8 nitrogen and oxygen atoms in total. The third-order valence-electron chi connectivity index (χ3n) is 5.61. The summed E-state index contributed by atoms with van der Waals surface area (Å²) < 4.78 is 26.6. The van der Waals surface area contributed by atoms with E-state index in [1.807, 2.05) is 0 Å². The highest BCUT2D eigenvalue weighted by Gasteiger charge is 2.35. The van der Waals surface area contributed by atoms with E-state index in [1.54, 1.807) is 30.9 Å². The van der Waals surface area contributed by atoms with Gasteiger partial charge in [-0.1, -0.05) is 27.7 Å². The first kappa shape index (κ1) is 24.3. The van der Waals surface area contributed by atoms with Gasteiger partial charge < -0.3 is 15.1 Å². The molecular formula is C21H34N4O4S. The summed E-state index contributed by atoms with van der Waals surface area (Å²) in [5.74, 6) is -0.634. The number of anilines is 1. The molecule has 1 aromatic rings. The Balaban J connectivity index is 2.00. The summed E-state index contributed by atoms with van der Waals surface area (Å²) in [6.45, 7) is 12.1. The molecule has 1 fully saturated rings. The molecule has 2 amide bonds. The Bertz CT molecular complexity index is 818. The number of hydrogen-bond acceptors (Lipinski definition) is 5. The number of hydrogen-bond donors (Lipinski definition) is 1. The topological polar surface area (TPSA) is 90.0 Å². The van der Waals surface area contributed by atoms with Crippen molar-refractivity contribution in [3.63, 3.8) is 0 Å². The Morgan fingerprint density at radius 3 is 2.20 bits per heavy atom. The van der Waals surface area contributed by atoms with Gasteiger partial charge in [0.15, 0.2) is 0 Å². The maximum absolute atomic E-state index is 12.6. The van der Waals surface area contributed by atoms with Crippen molar-refractivity contribution >= 4 is 27.5 Å². The van der Waals surface area contributed by atoms with Crippen LogP contribution in [0.4, 0.5) is 5.69 Å². The molecule has 0 radical (unpaired) electrons. The van der Waals surface area contributed by atoms with Crippen LogP contribution in [0.5, 0.6) is 0 Å². The lowest BCUT2D eigenvalue weighted by molar-refractivity contribution is -0.126. The summed E-state index contributed by atoms with van der Waals surface area (Å²) in [6.07, 6.45) is 0.163. The molecule has 0 saturated carbocycles. The van der Waals surface area contributed by atoms with E-state index in [0.29, 0.717) is 31.9 Å². The zero-order valence-electron chi connectivity index (χ0n) is 18.4. The molecule has 2 rings (SSSR count). The molecule has 1 aromatic carbocycles. The molecule has 1 heterocycles. The average molecular weight is 439 g/mol. The van der Waals surface area contributed by atoms with Crippen LogP contribution in [0.25, 0.3) is 0 Å². The average Bonchev–Trinajstić information content (AvgIpc) is 3.13. The minimum absolute atomic E-state index is 0.112. The third-order valence-corrected chi connectivity index (χ3v) is 7.67. The molecular weight excluding hydrogens is 404 g/mol. The summed E-state index contributed by atoms with van der Waals surface area (Å²) in [5, 5.41) is 2.93. The maximum atomic E-state index is 12.6. The Morgan fingerprint density at radius 1 is 1.07 bits per heavy atom. The molecule has 0 bridgehead atoms. The van der Waals surface area contributed by atoms with E-state index in [1.165, 1.54) is 16.4 Å². The number of sulfonamides is 1. The molecule has 1 N–H and O–H groups in total. The predicted molar refractivity (Wildman–Crippen MR) is 118 cm³/mol. The van der Waals surface area contributed by atoms with Crippen LogP contribution in [0, 0.1) is 5.92 Å². The molecule has 9 heteroatoms. The lowest BCUT2D eigenvalue weighted by atomic mass is 10.1. The van der Waals surface area contributed by atoms with Crippen LogP contribution >= 0.6 is 0 Å². The van der Waals surface area contributed by atoms with E-state index in [9.17, 15) is 18.0 Å². The van der Waals surface area contributed by atoms with E-state index in [0.717, 1.165) is 19.6 Å². The lowest BCUT2D eigenvalue weighted by Gasteiger charge is -2.20. The van der Waals surface area contributed by atoms with Gasteiger partial charge in [-0.05, 0) is 37.4 Å². The molecule has 30 heavy (non-hydrogen) atoms. The van der Waals surface area contributed by atoms with Crippen molar-refractivity contribution in [1.82, 2.24) is 14.5 Å². The second-order valence-corrected chi connectivity index (χ2v) is 9.24. The lowest BCUT2D eigenvalue weighted by Crippen LogP contribution is -2.38. The summed E-state index contributed by atoms with van der Waals surface area (Å²) >= 11 is 0. The standard InChI is InChI=1S/C21H34N4O4S/c1-5-23(6-2)14-13-22-21(27)17-15-20(26)25(16-17)18-9-11-19(12-10-18)30(28,29)24(7-3)8-4/h9-12,17H,5-8,13-16H2,1-4H3,(H,22,27)/t17-/m0/s1. The number of rotatable bonds is 11. The van der Waals surface area contributed by atoms with Gasteiger partial charge in [-0.2, -0.15) is 4.31 Å². The third kappa shape index (κ3) is 5.59. The molecule has 168 valence electrons. The smallest absolute Gasteiger partial charge is 0.243 e. The van der Waals surface area contributed by atoms with Crippen molar-refractivity contribution in [2.24, 2.45) is 5.92 Å². The monoisotopic (exact) mass is 438 g/mol. The van der Waals surface area contributed by atoms with Gasteiger partial charge in [0, 0.05) is 44.8 Å². The normalized spacial score (nSPS) is 17.2. The fourth-order valence-corrected chi connectivity index (χ4v) is 5.12. The number of carbonyl (C=O) groups is 2. The maximum Gasteiger partial charge on any atom is 0.243 e. The number of nitrogens with zero attached hydrogens (tertiary/aromatic N) is 3. The second-order valence-electron chi connectivity index (χ2n) is 7.31. The highest BCUT2D eigenvalue weighted by atomic mass is 32.2. The zero-order chi connectivity index (χ0) is 22.3. The number of nitrogens with one attached hydrogen (secondary N) is 1. The first-order chi connectivity index (χ1) is 14.3. The van der Waals surface area contributed by atoms with Gasteiger partial charge >= 0.3 is 0 Å². The number of carbonyl (C=O) groups excluding carboxylic acids is 2. The SMILES string of the molecule is CCN(CC)CCNC(=O)[C@H]1CC(=O)N(c2ccc(S(=O)(=O)N(CC)CC)cc2)C1. The van der Waals surface area contributed by atoms with E-state index in [2.05, 4.69) is 24.1 Å². The van der Waals surface area contributed by atoms with Gasteiger partial charge in [0.25, 0.3) is 0 Å². The Hall–Kier alpha value is -1.97. The Labute approximate surface area is 180 Å². The van der Waals surface area contributed by atoms with Crippen LogP contribution in [0.3, 0.4) is 0 Å². The molecule has 0 unspecified atom stereocenters. The van der Waals surface area contributed by atoms with Gasteiger partial charge in [0.2, 0.25) is 21.8 Å². The molecule has 0 aromatic heterocycles. The fraction of sp³-hybridized carbons (Fsp3) is 0.619. The first-order valence-corrected chi connectivity index (χ1v) is 12.1. The van der Waals surface area contributed by atoms with Gasteiger partial charge in [-0.3, -0.25) is 9.59 Å². The van der Waals surface area contributed by atoms with Gasteiger partial charge in [-0.25, -0.2) is 8.42 Å². The summed E-state index contributed by atoms with van der Waals surface area (Å²) in [6, 6.07) is 6.31. The van der Waals surface area contributed by atoms with Crippen molar-refractivity contribution in [3.8, 4) is 0 Å². The minimum atomic E-state index is -3.54. The van der Waals surface area contributed by atoms with Crippen LogP contribution < -0.4 is 10.2 Å². The van der Waals surface area contributed by atoms with Crippen LogP contribution in [-0.4, -0.2) is 75.3 Å². The number of amides is 2. The van der Waals surface area contributed by atoms with Gasteiger partial charge in [-0.15, -0.1) is 0 Å². The van der Waals surface area contributed by atoms with Crippen LogP contribution in [0.1, 0.15) is 34.1 Å². The van der Waals surface area contributed by atoms with Crippen LogP contribution in [0.15, 0.2) is 29.2 Å². The van der Waals surface area contributed by atoms with Crippen molar-refractivity contribution < 1.29 is 18.0 Å². The molecule has 0 aliphatic carbocycles. The van der Waals surface area contributed by atoms with Gasteiger partial charge in [0.1, 0.15) is 0 Å². The fourth-order valence-electron chi connectivity index (χ4n) is 3.66. The molecule has 1 aliphatic heterocycles. The number of benzene rings is 1. The van der Waals surface area contributed by atoms with Crippen LogP contribution in [0.2, 0.25) is 0 Å². The van der Waals surface area contributed by atoms with Gasteiger partial charge in [0.05, 0.1) is 10.8 Å². The zero-order valence-corrected chi connectivity index (χ0v) is 19.2. The molecule has 1 saturated heterocycles. The Morgan fingerprint density at radius 2 is 1.67 bits per heavy atom. The van der Waals surface area contributed by atoms with Crippen molar-refractivity contribution in [2.45, 2.75) is 39.0 Å². The molecule has 1 atom stereocenters. The first-order valence-electron chi connectivity index (χ1n) is 10.7. The van der Waals surface area contributed by atoms with E-state index < -0.39 is 15.9 Å². The minimum Gasteiger partial charge on any atom is -0.355 e. The second kappa shape index (κ2) is 10.9. The summed E-state index contributed by atoms with van der Waals surface area (Å²) in [7, 11) is -3.54. The van der Waals surface area contributed by atoms with E-state index >= 15 is 0 Å². The van der Waals surface area contributed by atoms with Crippen LogP contribution in [-0.2, 0) is 19.6 Å². The largest absolute Gasteiger partial charge is 0.355 e. The summed E-state index contributed by atoms with van der Waals surface area (Å²) in [4.78, 5) is 28.9. The molecule has 0 spiro atoms. The van der Waals surface area contributed by atoms with Crippen molar-refractivity contribution in [2.75, 3.05) is 50.7 Å². The predicted octanol–water partition coefficient (Wildman–Crippen LogP) is 1.53. The molecule has 1 aliphatic rings. The number of likely N-dealkylation sites (N-methyl/N-ethyl adjacent to an activating group) is 1. The van der Waals surface area contributed by atoms with Crippen molar-refractivity contribution in [3.05, 3.63) is 24.3 Å².